The van der Waals surface area contributed by atoms with Crippen LogP contribution in [0.2, 0.25) is 0 Å². The van der Waals surface area contributed by atoms with Crippen LogP contribution in [0.3, 0.4) is 0 Å². The van der Waals surface area contributed by atoms with Crippen molar-refractivity contribution in [3.63, 3.8) is 0 Å². The van der Waals surface area contributed by atoms with Gasteiger partial charge in [0.05, 0.1) is 56.0 Å². The van der Waals surface area contributed by atoms with Crippen LogP contribution in [0.15, 0.2) is 213 Å². The van der Waals surface area contributed by atoms with Crippen LogP contribution < -0.4 is 0 Å². The molecule has 72 heavy (non-hydrogen) atoms. The molecule has 0 N–H and O–H groups in total. The predicted octanol–water partition coefficient (Wildman–Crippen LogP) is 16.9. The van der Waals surface area contributed by atoms with E-state index in [0.717, 1.165) is 61.6 Å². The molecule has 346 valence electrons. The van der Waals surface area contributed by atoms with Crippen molar-refractivity contribution >= 4 is 43.6 Å². The van der Waals surface area contributed by atoms with Gasteiger partial charge in [0.2, 0.25) is 0 Å². The quantitative estimate of drug-likeness (QED) is 0.150. The zero-order valence-corrected chi connectivity index (χ0v) is 37.7. The number of aromatic nitrogens is 4. The summed E-state index contributed by atoms with van der Waals surface area (Å²) in [4.78, 5) is 9.47. The molecular formula is C61H35F6N5. The molecule has 0 aliphatic rings. The minimum Gasteiger partial charge on any atom is -0.308 e. The second-order valence-corrected chi connectivity index (χ2v) is 17.4. The Kier molecular flexibility index (Phi) is 10.4. The van der Waals surface area contributed by atoms with Crippen LogP contribution in [0, 0.1) is 11.3 Å². The molecule has 12 aromatic rings. The lowest BCUT2D eigenvalue weighted by atomic mass is 9.90. The second-order valence-electron chi connectivity index (χ2n) is 17.4. The molecule has 0 saturated heterocycles. The Morgan fingerprint density at radius 1 is 0.389 bits per heavy atom. The first-order chi connectivity index (χ1) is 35.0. The van der Waals surface area contributed by atoms with Crippen LogP contribution in [-0.4, -0.2) is 19.1 Å². The van der Waals surface area contributed by atoms with Crippen molar-refractivity contribution in [3.05, 3.63) is 229 Å². The largest absolute Gasteiger partial charge is 0.417 e. The molecule has 0 saturated carbocycles. The lowest BCUT2D eigenvalue weighted by Gasteiger charge is -2.24. The first kappa shape index (κ1) is 44.0. The summed E-state index contributed by atoms with van der Waals surface area (Å²) >= 11 is 0. The number of rotatable bonds is 7. The molecule has 0 unspecified atom stereocenters. The van der Waals surface area contributed by atoms with Crippen molar-refractivity contribution in [2.24, 2.45) is 0 Å². The summed E-state index contributed by atoms with van der Waals surface area (Å²) in [5.74, 6) is 0. The Hall–Kier alpha value is -9.27. The molecule has 0 aliphatic carbocycles. The van der Waals surface area contributed by atoms with Gasteiger partial charge in [0.25, 0.3) is 0 Å². The summed E-state index contributed by atoms with van der Waals surface area (Å²) in [6.45, 7) is 0. The van der Waals surface area contributed by atoms with Gasteiger partial charge >= 0.3 is 12.4 Å². The molecule has 0 aliphatic heterocycles. The van der Waals surface area contributed by atoms with E-state index in [-0.39, 0.29) is 16.9 Å². The average molecular weight is 952 g/mol. The Balaban J connectivity index is 1.17. The third kappa shape index (κ3) is 7.18. The highest BCUT2D eigenvalue weighted by molar-refractivity contribution is 6.13. The van der Waals surface area contributed by atoms with E-state index in [1.54, 1.807) is 35.2 Å². The van der Waals surface area contributed by atoms with E-state index >= 15 is 26.3 Å². The van der Waals surface area contributed by atoms with Gasteiger partial charge in [0.15, 0.2) is 0 Å². The SMILES string of the molecule is N#Cc1c(-n2c3ccccc3c3cc(-c4cccnc4-c4ccccc4)ccc32)ccc(-c2c(C(F)(F)F)cccc2C(F)(F)F)c1-n1c2ccccc2c2cc(-c3cccnc3-c3ccccc3)ccc21. The first-order valence-electron chi connectivity index (χ1n) is 22.9. The lowest BCUT2D eigenvalue weighted by molar-refractivity contribution is -0.142. The normalized spacial score (nSPS) is 12.0. The van der Waals surface area contributed by atoms with Crippen molar-refractivity contribution in [1.82, 2.24) is 19.1 Å². The zero-order chi connectivity index (χ0) is 49.3. The molecule has 0 fully saturated rings. The van der Waals surface area contributed by atoms with Gasteiger partial charge in [-0.3, -0.25) is 9.97 Å². The lowest BCUT2D eigenvalue weighted by Crippen LogP contribution is -2.16. The summed E-state index contributed by atoms with van der Waals surface area (Å²) in [7, 11) is 0. The summed E-state index contributed by atoms with van der Waals surface area (Å²) in [5, 5.41) is 14.6. The van der Waals surface area contributed by atoms with Gasteiger partial charge in [-0.1, -0.05) is 133 Å². The van der Waals surface area contributed by atoms with E-state index in [4.69, 9.17) is 9.97 Å². The smallest absolute Gasteiger partial charge is 0.308 e. The van der Waals surface area contributed by atoms with Gasteiger partial charge < -0.3 is 9.13 Å². The molecule has 8 aromatic carbocycles. The van der Waals surface area contributed by atoms with E-state index in [0.29, 0.717) is 45.0 Å². The zero-order valence-electron chi connectivity index (χ0n) is 37.7. The molecule has 0 spiro atoms. The van der Waals surface area contributed by atoms with Crippen LogP contribution in [0.25, 0.3) is 111 Å². The standard InChI is InChI=1S/C61H35F6N5/c62-60(63,64)49-22-11-23-50(61(65,66)67)56(49)45-28-31-55(71-51-24-9-7-18-43(51)46-34-39(26-29-53(46)71)41-20-12-32-69-57(41)37-14-3-1-4-15-37)48(36-68)59(45)72-52-25-10-8-19-44(52)47-35-40(27-30-54(47)72)42-21-13-33-70-58(42)38-16-5-2-6-17-38/h1-35H. The van der Waals surface area contributed by atoms with Crippen molar-refractivity contribution in [2.75, 3.05) is 0 Å². The third-order valence-electron chi connectivity index (χ3n) is 13.4. The molecule has 4 heterocycles. The van der Waals surface area contributed by atoms with Crippen molar-refractivity contribution in [1.29, 1.82) is 5.26 Å². The van der Waals surface area contributed by atoms with Gasteiger partial charge in [0, 0.05) is 67.3 Å². The minimum absolute atomic E-state index is 0.145. The van der Waals surface area contributed by atoms with Gasteiger partial charge in [-0.15, -0.1) is 0 Å². The van der Waals surface area contributed by atoms with E-state index in [2.05, 4.69) is 6.07 Å². The monoisotopic (exact) mass is 951 g/mol. The molecule has 0 bridgehead atoms. The van der Waals surface area contributed by atoms with Gasteiger partial charge in [-0.2, -0.15) is 31.6 Å². The minimum atomic E-state index is -5.21. The molecule has 12 rings (SSSR count). The fourth-order valence-corrected chi connectivity index (χ4v) is 10.3. The van der Waals surface area contributed by atoms with Crippen molar-refractivity contribution in [3.8, 4) is 73.3 Å². The number of hydrogen-bond acceptors (Lipinski definition) is 3. The number of pyridine rings is 2. The Morgan fingerprint density at radius 2 is 0.847 bits per heavy atom. The maximum Gasteiger partial charge on any atom is 0.417 e. The van der Waals surface area contributed by atoms with Crippen molar-refractivity contribution in [2.45, 2.75) is 12.4 Å². The van der Waals surface area contributed by atoms with Crippen LogP contribution in [0.4, 0.5) is 26.3 Å². The van der Waals surface area contributed by atoms with Crippen LogP contribution in [0.5, 0.6) is 0 Å². The highest BCUT2D eigenvalue weighted by Gasteiger charge is 2.42. The number of benzene rings is 8. The van der Waals surface area contributed by atoms with E-state index in [9.17, 15) is 5.26 Å². The Labute approximate surface area is 407 Å². The Bertz CT molecular complexity index is 4110. The maximum atomic E-state index is 15.3. The Morgan fingerprint density at radius 3 is 1.35 bits per heavy atom. The maximum absolute atomic E-state index is 15.3. The fourth-order valence-electron chi connectivity index (χ4n) is 10.3. The number of nitriles is 1. The fraction of sp³-hybridized carbons (Fsp3) is 0.0328. The predicted molar refractivity (Wildman–Crippen MR) is 273 cm³/mol. The number of alkyl halides is 6. The van der Waals surface area contributed by atoms with Crippen LogP contribution in [0.1, 0.15) is 16.7 Å². The first-order valence-corrected chi connectivity index (χ1v) is 22.9. The molecule has 4 aromatic heterocycles. The number of para-hydroxylation sites is 2. The van der Waals surface area contributed by atoms with Crippen LogP contribution in [-0.2, 0) is 12.4 Å². The second kappa shape index (κ2) is 17.0. The summed E-state index contributed by atoms with van der Waals surface area (Å²) < 4.78 is 95.3. The number of fused-ring (bicyclic) bond motifs is 6. The highest BCUT2D eigenvalue weighted by atomic mass is 19.4. The van der Waals surface area contributed by atoms with Gasteiger partial charge in [-0.25, -0.2) is 0 Å². The number of nitrogens with zero attached hydrogens (tertiary/aromatic N) is 5. The molecule has 0 amide bonds. The highest BCUT2D eigenvalue weighted by Crippen LogP contribution is 2.50. The van der Waals surface area contributed by atoms with E-state index in [1.807, 2.05) is 156 Å². The van der Waals surface area contributed by atoms with Gasteiger partial charge in [0.1, 0.15) is 11.6 Å². The molecule has 0 atom stereocenters. The molecular weight excluding hydrogens is 917 g/mol. The average Bonchev–Trinajstić information content (AvgIpc) is 3.92. The molecule has 0 radical (unpaired) electrons. The molecule has 5 nitrogen and oxygen atoms in total. The summed E-state index contributed by atoms with van der Waals surface area (Å²) in [5.41, 5.74) is 4.37. The van der Waals surface area contributed by atoms with Gasteiger partial charge in [-0.05, 0) is 77.9 Å². The number of halogens is 6. The van der Waals surface area contributed by atoms with E-state index < -0.39 is 34.6 Å². The summed E-state index contributed by atoms with van der Waals surface area (Å²) in [6, 6.07) is 60.6. The van der Waals surface area contributed by atoms with Crippen molar-refractivity contribution < 1.29 is 26.3 Å². The molecule has 11 heteroatoms. The van der Waals surface area contributed by atoms with Crippen LogP contribution >= 0.6 is 0 Å². The third-order valence-corrected chi connectivity index (χ3v) is 13.4. The van der Waals surface area contributed by atoms with E-state index in [1.165, 1.54) is 12.1 Å². The number of hydrogen-bond donors (Lipinski definition) is 0. The topological polar surface area (TPSA) is 59.4 Å². The summed E-state index contributed by atoms with van der Waals surface area (Å²) in [6.07, 6.45) is -6.98.